The summed E-state index contributed by atoms with van der Waals surface area (Å²) in [5, 5.41) is 2.74. The lowest BCUT2D eigenvalue weighted by molar-refractivity contribution is -0.123. The summed E-state index contributed by atoms with van der Waals surface area (Å²) in [6.07, 6.45) is 4.75. The van der Waals surface area contributed by atoms with Gasteiger partial charge in [0.15, 0.2) is 6.10 Å². The van der Waals surface area contributed by atoms with Gasteiger partial charge in [0, 0.05) is 10.6 Å². The van der Waals surface area contributed by atoms with Crippen LogP contribution in [-0.4, -0.2) is 25.1 Å². The second kappa shape index (κ2) is 8.36. The lowest BCUT2D eigenvalue weighted by Gasteiger charge is -2.13. The predicted molar refractivity (Wildman–Crippen MR) is 102 cm³/mol. The number of aryl methyl sites for hydroxylation is 2. The van der Waals surface area contributed by atoms with E-state index in [1.807, 2.05) is 6.07 Å². The highest BCUT2D eigenvalue weighted by atomic mass is 32.1. The number of nitrogens with one attached hydrogen (secondary N) is 1. The summed E-state index contributed by atoms with van der Waals surface area (Å²) < 4.78 is 10.4. The monoisotopic (exact) mass is 373 g/mol. The Bertz CT molecular complexity index is 758. The van der Waals surface area contributed by atoms with Crippen LogP contribution in [-0.2, 0) is 22.4 Å². The van der Waals surface area contributed by atoms with Crippen LogP contribution in [0.1, 0.15) is 46.3 Å². The fourth-order valence-electron chi connectivity index (χ4n) is 2.96. The Morgan fingerprint density at radius 2 is 1.85 bits per heavy atom. The molecule has 2 aromatic rings. The summed E-state index contributed by atoms with van der Waals surface area (Å²) in [6.45, 7) is 1.58. The quantitative estimate of drug-likeness (QED) is 0.630. The molecule has 0 aliphatic heterocycles. The van der Waals surface area contributed by atoms with Crippen molar-refractivity contribution in [1.29, 1.82) is 0 Å². The first-order valence-electron chi connectivity index (χ1n) is 8.84. The number of methoxy groups -OCH3 is 1. The Morgan fingerprint density at radius 3 is 2.58 bits per heavy atom. The van der Waals surface area contributed by atoms with Crippen LogP contribution in [0.4, 0.5) is 5.69 Å². The van der Waals surface area contributed by atoms with Crippen molar-refractivity contribution in [3.05, 3.63) is 45.6 Å². The van der Waals surface area contributed by atoms with Gasteiger partial charge in [0.1, 0.15) is 10.6 Å². The number of rotatable bonds is 5. The van der Waals surface area contributed by atoms with Gasteiger partial charge in [0.2, 0.25) is 0 Å². The van der Waals surface area contributed by atoms with E-state index in [9.17, 15) is 9.59 Å². The molecule has 1 aromatic carbocycles. The molecule has 0 saturated heterocycles. The molecule has 0 saturated carbocycles. The van der Waals surface area contributed by atoms with E-state index in [4.69, 9.17) is 9.47 Å². The third-order valence-corrected chi connectivity index (χ3v) is 5.68. The number of benzene rings is 1. The highest BCUT2D eigenvalue weighted by molar-refractivity contribution is 7.14. The Balaban J connectivity index is 1.58. The van der Waals surface area contributed by atoms with Crippen LogP contribution >= 0.6 is 11.3 Å². The molecule has 3 rings (SSSR count). The van der Waals surface area contributed by atoms with Crippen molar-refractivity contribution in [2.45, 2.75) is 45.1 Å². The molecule has 1 N–H and O–H groups in total. The van der Waals surface area contributed by atoms with E-state index in [1.54, 1.807) is 38.3 Å². The Kier molecular flexibility index (Phi) is 5.93. The molecule has 138 valence electrons. The second-order valence-electron chi connectivity index (χ2n) is 6.39. The van der Waals surface area contributed by atoms with Crippen LogP contribution < -0.4 is 10.1 Å². The Morgan fingerprint density at radius 1 is 1.12 bits per heavy atom. The van der Waals surface area contributed by atoms with E-state index in [1.165, 1.54) is 41.0 Å². The molecule has 26 heavy (non-hydrogen) atoms. The van der Waals surface area contributed by atoms with Gasteiger partial charge in [0.05, 0.1) is 7.11 Å². The Labute approximate surface area is 157 Å². The van der Waals surface area contributed by atoms with Crippen molar-refractivity contribution >= 4 is 28.9 Å². The van der Waals surface area contributed by atoms with Crippen molar-refractivity contribution in [1.82, 2.24) is 0 Å². The van der Waals surface area contributed by atoms with Crippen LogP contribution in [0, 0.1) is 0 Å². The average Bonchev–Trinajstić information content (AvgIpc) is 2.93. The van der Waals surface area contributed by atoms with Crippen molar-refractivity contribution in [2.24, 2.45) is 0 Å². The first-order chi connectivity index (χ1) is 12.6. The van der Waals surface area contributed by atoms with Crippen molar-refractivity contribution in [3.8, 4) is 5.75 Å². The third-order valence-electron chi connectivity index (χ3n) is 4.46. The number of carbonyl (C=O) groups is 2. The van der Waals surface area contributed by atoms with Gasteiger partial charge >= 0.3 is 5.97 Å². The van der Waals surface area contributed by atoms with Crippen molar-refractivity contribution < 1.29 is 19.1 Å². The average molecular weight is 373 g/mol. The van der Waals surface area contributed by atoms with Gasteiger partial charge in [-0.1, -0.05) is 6.42 Å². The molecule has 6 heteroatoms. The van der Waals surface area contributed by atoms with Crippen LogP contribution in [0.25, 0.3) is 0 Å². The molecular formula is C20H23NO4S. The van der Waals surface area contributed by atoms with Gasteiger partial charge < -0.3 is 14.8 Å². The number of fused-ring (bicyclic) bond motifs is 1. The fourth-order valence-corrected chi connectivity index (χ4v) is 4.09. The molecule has 1 aliphatic carbocycles. The molecule has 0 fully saturated rings. The number of hydrogen-bond acceptors (Lipinski definition) is 5. The van der Waals surface area contributed by atoms with E-state index >= 15 is 0 Å². The fraction of sp³-hybridized carbons (Fsp3) is 0.400. The van der Waals surface area contributed by atoms with E-state index < -0.39 is 12.1 Å². The minimum atomic E-state index is -0.869. The highest BCUT2D eigenvalue weighted by Gasteiger charge is 2.22. The first-order valence-corrected chi connectivity index (χ1v) is 9.66. The normalized spacial score (nSPS) is 14.7. The minimum absolute atomic E-state index is 0.360. The SMILES string of the molecule is COc1ccc(NC(=O)[C@H](C)OC(=O)c2cc3c(s2)CCCCC3)cc1. The zero-order valence-electron chi connectivity index (χ0n) is 15.0. The number of hydrogen-bond donors (Lipinski definition) is 1. The van der Waals surface area contributed by atoms with Crippen molar-refractivity contribution in [2.75, 3.05) is 12.4 Å². The van der Waals surface area contributed by atoms with Crippen molar-refractivity contribution in [3.63, 3.8) is 0 Å². The molecule has 1 heterocycles. The lowest BCUT2D eigenvalue weighted by Crippen LogP contribution is -2.29. The highest BCUT2D eigenvalue weighted by Crippen LogP contribution is 2.29. The van der Waals surface area contributed by atoms with Gasteiger partial charge in [-0.25, -0.2) is 4.79 Å². The number of thiophene rings is 1. The van der Waals surface area contributed by atoms with Crippen LogP contribution in [0.2, 0.25) is 0 Å². The van der Waals surface area contributed by atoms with Crippen LogP contribution in [0.3, 0.4) is 0 Å². The molecule has 0 bridgehead atoms. The first kappa shape index (κ1) is 18.5. The van der Waals surface area contributed by atoms with Gasteiger partial charge in [0.25, 0.3) is 5.91 Å². The van der Waals surface area contributed by atoms with Gasteiger partial charge in [-0.3, -0.25) is 4.79 Å². The summed E-state index contributed by atoms with van der Waals surface area (Å²) in [4.78, 5) is 26.5. The molecular weight excluding hydrogens is 350 g/mol. The molecule has 0 spiro atoms. The van der Waals surface area contributed by atoms with Crippen LogP contribution in [0.5, 0.6) is 5.75 Å². The van der Waals surface area contributed by atoms with E-state index in [-0.39, 0.29) is 5.91 Å². The third kappa shape index (κ3) is 4.43. The minimum Gasteiger partial charge on any atom is -0.497 e. The number of amides is 1. The molecule has 1 aliphatic rings. The van der Waals surface area contributed by atoms with Gasteiger partial charge in [-0.2, -0.15) is 0 Å². The summed E-state index contributed by atoms with van der Waals surface area (Å²) in [5.74, 6) is -0.0815. The zero-order valence-corrected chi connectivity index (χ0v) is 15.9. The summed E-state index contributed by atoms with van der Waals surface area (Å²) in [7, 11) is 1.58. The van der Waals surface area contributed by atoms with E-state index in [0.29, 0.717) is 16.3 Å². The maximum absolute atomic E-state index is 12.4. The summed E-state index contributed by atoms with van der Waals surface area (Å²) in [6, 6.07) is 8.92. The maximum Gasteiger partial charge on any atom is 0.349 e. The molecule has 0 unspecified atom stereocenters. The van der Waals surface area contributed by atoms with Gasteiger partial charge in [-0.15, -0.1) is 11.3 Å². The smallest absolute Gasteiger partial charge is 0.349 e. The standard InChI is InChI=1S/C20H23NO4S/c1-13(19(22)21-15-8-10-16(24-2)11-9-15)25-20(23)18-12-14-6-4-3-5-7-17(14)26-18/h8-13H,3-7H2,1-2H3,(H,21,22)/t13-/m0/s1. The largest absolute Gasteiger partial charge is 0.497 e. The number of carbonyl (C=O) groups excluding carboxylic acids is 2. The topological polar surface area (TPSA) is 64.6 Å². The molecule has 1 atom stereocenters. The number of esters is 1. The van der Waals surface area contributed by atoms with E-state index in [0.717, 1.165) is 12.8 Å². The van der Waals surface area contributed by atoms with Gasteiger partial charge in [-0.05, 0) is 68.5 Å². The molecule has 0 radical (unpaired) electrons. The summed E-state index contributed by atoms with van der Waals surface area (Å²) >= 11 is 1.50. The molecule has 1 aromatic heterocycles. The molecule has 1 amide bonds. The predicted octanol–water partition coefficient (Wildman–Crippen LogP) is 4.21. The number of anilines is 1. The van der Waals surface area contributed by atoms with Crippen LogP contribution in [0.15, 0.2) is 30.3 Å². The Hall–Kier alpha value is -2.34. The summed E-state index contributed by atoms with van der Waals surface area (Å²) in [5.41, 5.74) is 1.89. The van der Waals surface area contributed by atoms with E-state index in [2.05, 4.69) is 5.32 Å². The molecule has 5 nitrogen and oxygen atoms in total. The second-order valence-corrected chi connectivity index (χ2v) is 7.52. The maximum atomic E-state index is 12.4. The number of ether oxygens (including phenoxy) is 2. The lowest BCUT2D eigenvalue weighted by atomic mass is 10.1. The zero-order chi connectivity index (χ0) is 18.5.